The van der Waals surface area contributed by atoms with E-state index in [0.29, 0.717) is 5.56 Å². The van der Waals surface area contributed by atoms with Gasteiger partial charge in [0.1, 0.15) is 5.56 Å². The molecule has 6 heteroatoms. The van der Waals surface area contributed by atoms with E-state index in [1.54, 1.807) is 12.1 Å². The fourth-order valence-electron chi connectivity index (χ4n) is 2.02. The Morgan fingerprint density at radius 2 is 1.74 bits per heavy atom. The molecule has 0 atom stereocenters. The maximum atomic E-state index is 12.0. The molecule has 2 aromatic carbocycles. The van der Waals surface area contributed by atoms with Crippen LogP contribution in [0.4, 0.5) is 5.69 Å². The zero-order chi connectivity index (χ0) is 16.8. The van der Waals surface area contributed by atoms with Crippen molar-refractivity contribution in [1.29, 1.82) is 0 Å². The number of nitrogens with zero attached hydrogens (tertiary/aromatic N) is 1. The normalized spacial score (nSPS) is 10.1. The van der Waals surface area contributed by atoms with Gasteiger partial charge in [0, 0.05) is 11.6 Å². The maximum absolute atomic E-state index is 12.0. The molecular formula is C17H15NO5. The van der Waals surface area contributed by atoms with Gasteiger partial charge in [-0.05, 0) is 18.1 Å². The lowest BCUT2D eigenvalue weighted by Crippen LogP contribution is -2.15. The lowest BCUT2D eigenvalue weighted by molar-refractivity contribution is -0.385. The molecule has 0 aliphatic rings. The number of nitro benzene ring substituents is 1. The minimum atomic E-state index is -0.893. The zero-order valence-electron chi connectivity index (χ0n) is 12.5. The first kappa shape index (κ1) is 16.4. The number of hydrogen-bond donors (Lipinski definition) is 0. The maximum Gasteiger partial charge on any atom is 0.345 e. The van der Waals surface area contributed by atoms with E-state index in [2.05, 4.69) is 0 Å². The summed E-state index contributed by atoms with van der Waals surface area (Å²) in [6.45, 7) is 1.54. The molecule has 6 nitrogen and oxygen atoms in total. The van der Waals surface area contributed by atoms with Crippen LogP contribution < -0.4 is 0 Å². The molecule has 0 unspecified atom stereocenters. The van der Waals surface area contributed by atoms with Crippen molar-refractivity contribution >= 4 is 17.4 Å². The first-order chi connectivity index (χ1) is 11.0. The molecule has 2 rings (SSSR count). The van der Waals surface area contributed by atoms with Gasteiger partial charge in [-0.15, -0.1) is 0 Å². The van der Waals surface area contributed by atoms with Crippen molar-refractivity contribution < 1.29 is 19.2 Å². The second kappa shape index (κ2) is 7.31. The molecule has 118 valence electrons. The Labute approximate surface area is 132 Å². The second-order valence-corrected chi connectivity index (χ2v) is 4.82. The Bertz CT molecular complexity index is 737. The molecule has 0 fully saturated rings. The van der Waals surface area contributed by atoms with Crippen molar-refractivity contribution in [3.63, 3.8) is 0 Å². The number of ketones is 1. The van der Waals surface area contributed by atoms with Crippen LogP contribution in [0.2, 0.25) is 0 Å². The first-order valence-corrected chi connectivity index (χ1v) is 7.05. The van der Waals surface area contributed by atoms with Gasteiger partial charge in [-0.1, -0.05) is 43.3 Å². The van der Waals surface area contributed by atoms with Crippen molar-refractivity contribution in [1.82, 2.24) is 0 Å². The highest BCUT2D eigenvalue weighted by Gasteiger charge is 2.21. The summed E-state index contributed by atoms with van der Waals surface area (Å²) in [5.74, 6) is -1.25. The third-order valence-electron chi connectivity index (χ3n) is 3.34. The first-order valence-electron chi connectivity index (χ1n) is 7.05. The predicted molar refractivity (Wildman–Crippen MR) is 83.5 cm³/mol. The summed E-state index contributed by atoms with van der Waals surface area (Å²) in [5, 5.41) is 10.9. The van der Waals surface area contributed by atoms with Crippen molar-refractivity contribution in [2.24, 2.45) is 0 Å². The average molecular weight is 313 g/mol. The number of esters is 1. The number of carbonyl (C=O) groups is 2. The summed E-state index contributed by atoms with van der Waals surface area (Å²) >= 11 is 0. The Morgan fingerprint density at radius 1 is 1.09 bits per heavy atom. The Balaban J connectivity index is 2.04. The molecular weight excluding hydrogens is 298 g/mol. The van der Waals surface area contributed by atoms with Crippen molar-refractivity contribution in [2.45, 2.75) is 13.3 Å². The predicted octanol–water partition coefficient (Wildman–Crippen LogP) is 3.20. The molecule has 0 aliphatic heterocycles. The van der Waals surface area contributed by atoms with Crippen LogP contribution in [0, 0.1) is 10.1 Å². The summed E-state index contributed by atoms with van der Waals surface area (Å²) in [6, 6.07) is 12.4. The van der Waals surface area contributed by atoms with Gasteiger partial charge in [0.05, 0.1) is 4.92 Å². The summed E-state index contributed by atoms with van der Waals surface area (Å²) < 4.78 is 4.90. The van der Waals surface area contributed by atoms with E-state index in [9.17, 15) is 19.7 Å². The molecule has 0 saturated heterocycles. The van der Waals surface area contributed by atoms with E-state index >= 15 is 0 Å². The Hall–Kier alpha value is -3.02. The number of ether oxygens (including phenoxy) is 1. The molecule has 0 aromatic heterocycles. The third-order valence-corrected chi connectivity index (χ3v) is 3.34. The van der Waals surface area contributed by atoms with Crippen LogP contribution in [-0.4, -0.2) is 23.3 Å². The fraction of sp³-hybridized carbons (Fsp3) is 0.176. The van der Waals surface area contributed by atoms with Gasteiger partial charge in [0.2, 0.25) is 0 Å². The van der Waals surface area contributed by atoms with E-state index in [1.807, 2.05) is 19.1 Å². The number of Topliss-reactive ketones (excluding diaryl/α,β-unsaturated/α-hetero) is 1. The highest BCUT2D eigenvalue weighted by atomic mass is 16.6. The smallest absolute Gasteiger partial charge is 0.345 e. The van der Waals surface area contributed by atoms with Gasteiger partial charge in [-0.25, -0.2) is 4.79 Å². The molecule has 0 amide bonds. The van der Waals surface area contributed by atoms with Crippen LogP contribution in [0.5, 0.6) is 0 Å². The van der Waals surface area contributed by atoms with Gasteiger partial charge in [-0.2, -0.15) is 0 Å². The van der Waals surface area contributed by atoms with Gasteiger partial charge in [0.15, 0.2) is 12.4 Å². The highest BCUT2D eigenvalue weighted by Crippen LogP contribution is 2.18. The summed E-state index contributed by atoms with van der Waals surface area (Å²) in [5.41, 5.74) is 1.000. The van der Waals surface area contributed by atoms with Crippen LogP contribution in [0.3, 0.4) is 0 Å². The second-order valence-electron chi connectivity index (χ2n) is 4.82. The van der Waals surface area contributed by atoms with Gasteiger partial charge in [0.25, 0.3) is 5.69 Å². The number of nitro groups is 1. The van der Waals surface area contributed by atoms with Gasteiger partial charge >= 0.3 is 5.97 Å². The molecule has 23 heavy (non-hydrogen) atoms. The molecule has 0 radical (unpaired) electrons. The van der Waals surface area contributed by atoms with Crippen molar-refractivity contribution in [3.05, 3.63) is 75.3 Å². The number of para-hydroxylation sites is 1. The summed E-state index contributed by atoms with van der Waals surface area (Å²) in [4.78, 5) is 34.1. The minimum Gasteiger partial charge on any atom is -0.454 e. The van der Waals surface area contributed by atoms with Crippen LogP contribution in [0.25, 0.3) is 0 Å². The molecule has 0 aliphatic carbocycles. The van der Waals surface area contributed by atoms with Gasteiger partial charge in [-0.3, -0.25) is 14.9 Å². The van der Waals surface area contributed by atoms with Crippen molar-refractivity contribution in [2.75, 3.05) is 6.61 Å². The Kier molecular flexibility index (Phi) is 5.19. The standard InChI is InChI=1S/C17H15NO5/c1-2-12-7-9-13(10-8-12)16(19)11-23-17(20)14-5-3-4-6-15(14)18(21)22/h3-10H,2,11H2,1H3. The molecule has 0 saturated carbocycles. The van der Waals surface area contributed by atoms with Crippen LogP contribution in [-0.2, 0) is 11.2 Å². The van der Waals surface area contributed by atoms with E-state index < -0.39 is 17.5 Å². The number of rotatable bonds is 6. The number of benzene rings is 2. The van der Waals surface area contributed by atoms with E-state index in [-0.39, 0.29) is 17.0 Å². The molecule has 2 aromatic rings. The quantitative estimate of drug-likeness (QED) is 0.354. The molecule has 0 N–H and O–H groups in total. The van der Waals surface area contributed by atoms with Crippen molar-refractivity contribution in [3.8, 4) is 0 Å². The van der Waals surface area contributed by atoms with Crippen LogP contribution in [0.1, 0.15) is 33.2 Å². The highest BCUT2D eigenvalue weighted by molar-refractivity contribution is 6.00. The zero-order valence-corrected chi connectivity index (χ0v) is 12.5. The number of hydrogen-bond acceptors (Lipinski definition) is 5. The lowest BCUT2D eigenvalue weighted by Gasteiger charge is -2.05. The van der Waals surface area contributed by atoms with Crippen LogP contribution >= 0.6 is 0 Å². The molecule has 0 bridgehead atoms. The SMILES string of the molecule is CCc1ccc(C(=O)COC(=O)c2ccccc2[N+](=O)[O-])cc1. The van der Waals surface area contributed by atoms with Gasteiger partial charge < -0.3 is 4.74 Å². The van der Waals surface area contributed by atoms with E-state index in [0.717, 1.165) is 12.0 Å². The molecule has 0 spiro atoms. The van der Waals surface area contributed by atoms with E-state index in [4.69, 9.17) is 4.74 Å². The number of aryl methyl sites for hydroxylation is 1. The summed E-state index contributed by atoms with van der Waals surface area (Å²) in [6.07, 6.45) is 0.862. The third kappa shape index (κ3) is 4.00. The topological polar surface area (TPSA) is 86.5 Å². The summed E-state index contributed by atoms with van der Waals surface area (Å²) in [7, 11) is 0. The van der Waals surface area contributed by atoms with E-state index in [1.165, 1.54) is 24.3 Å². The monoisotopic (exact) mass is 313 g/mol. The Morgan fingerprint density at radius 3 is 2.35 bits per heavy atom. The fourth-order valence-corrected chi connectivity index (χ4v) is 2.02. The van der Waals surface area contributed by atoms with Crippen LogP contribution in [0.15, 0.2) is 48.5 Å². The largest absolute Gasteiger partial charge is 0.454 e. The average Bonchev–Trinajstić information content (AvgIpc) is 2.59. The number of carbonyl (C=O) groups excluding carboxylic acids is 2. The molecule has 0 heterocycles. The minimum absolute atomic E-state index is 0.174. The lowest BCUT2D eigenvalue weighted by atomic mass is 10.1.